The highest BCUT2D eigenvalue weighted by atomic mass is 79.9. The Morgan fingerprint density at radius 1 is 1.22 bits per heavy atom. The summed E-state index contributed by atoms with van der Waals surface area (Å²) in [6.45, 7) is 2.49. The second-order valence-electron chi connectivity index (χ2n) is 6.86. The fourth-order valence-electron chi connectivity index (χ4n) is 3.45. The largest absolute Gasteiger partial charge is 0.390 e. The predicted octanol–water partition coefficient (Wildman–Crippen LogP) is 2.25. The average Bonchev–Trinajstić information content (AvgIpc) is 3.09. The van der Waals surface area contributed by atoms with Gasteiger partial charge in [-0.25, -0.2) is 4.98 Å². The molecular formula is C20H21BrN4O2. The van der Waals surface area contributed by atoms with Crippen LogP contribution in [0.25, 0.3) is 5.65 Å². The molecule has 1 aromatic carbocycles. The molecule has 4 rings (SSSR count). The molecule has 0 spiro atoms. The van der Waals surface area contributed by atoms with E-state index in [4.69, 9.17) is 0 Å². The van der Waals surface area contributed by atoms with E-state index in [1.54, 1.807) is 10.6 Å². The van der Waals surface area contributed by atoms with Gasteiger partial charge in [-0.15, -0.1) is 0 Å². The van der Waals surface area contributed by atoms with Crippen LogP contribution in [0.15, 0.2) is 53.3 Å². The lowest BCUT2D eigenvalue weighted by Gasteiger charge is -2.30. The monoisotopic (exact) mass is 428 g/mol. The number of aliphatic hydroxyl groups is 1. The number of carbonyl (C=O) groups excluding carboxylic acids is 1. The number of nitrogens with one attached hydrogen (secondary N) is 1. The van der Waals surface area contributed by atoms with Gasteiger partial charge in [-0.2, -0.15) is 0 Å². The van der Waals surface area contributed by atoms with Crippen LogP contribution in [0.2, 0.25) is 0 Å². The predicted molar refractivity (Wildman–Crippen MR) is 107 cm³/mol. The van der Waals surface area contributed by atoms with Crippen molar-refractivity contribution in [3.05, 3.63) is 70.1 Å². The fraction of sp³-hybridized carbons (Fsp3) is 0.300. The Bertz CT molecular complexity index is 972. The third-order valence-electron chi connectivity index (χ3n) is 4.82. The summed E-state index contributed by atoms with van der Waals surface area (Å²) in [6.07, 6.45) is 3.91. The number of halogens is 1. The smallest absolute Gasteiger partial charge is 0.271 e. The van der Waals surface area contributed by atoms with Gasteiger partial charge in [0.15, 0.2) is 0 Å². The van der Waals surface area contributed by atoms with E-state index in [2.05, 4.69) is 49.3 Å². The molecule has 6 nitrogen and oxygen atoms in total. The first kappa shape index (κ1) is 18.2. The molecule has 140 valence electrons. The number of nitrogens with zero attached hydrogens (tertiary/aromatic N) is 3. The Morgan fingerprint density at radius 3 is 2.89 bits per heavy atom. The van der Waals surface area contributed by atoms with Crippen molar-refractivity contribution in [3.63, 3.8) is 0 Å². The second kappa shape index (κ2) is 7.80. The molecule has 3 aromatic rings. The first-order chi connectivity index (χ1) is 13.1. The van der Waals surface area contributed by atoms with Crippen LogP contribution in [0.5, 0.6) is 0 Å². The molecule has 0 aliphatic carbocycles. The maximum Gasteiger partial charge on any atom is 0.271 e. The number of fused-ring (bicyclic) bond motifs is 2. The van der Waals surface area contributed by atoms with E-state index in [-0.39, 0.29) is 12.5 Å². The van der Waals surface area contributed by atoms with Gasteiger partial charge in [0.25, 0.3) is 5.91 Å². The van der Waals surface area contributed by atoms with E-state index < -0.39 is 6.10 Å². The summed E-state index contributed by atoms with van der Waals surface area (Å²) >= 11 is 3.40. The van der Waals surface area contributed by atoms with Crippen molar-refractivity contribution >= 4 is 27.5 Å². The number of benzene rings is 1. The molecule has 1 atom stereocenters. The standard InChI is InChI=1S/C20H21BrN4O2/c21-16-5-6-19-23-18(13-25(19)11-16)20(27)22-9-17(26)12-24-8-7-14-3-1-2-4-15(14)10-24/h1-6,11,13,17,26H,7-10,12H2,(H,22,27). The molecule has 1 aliphatic rings. The lowest BCUT2D eigenvalue weighted by atomic mass is 10.00. The molecule has 0 saturated carbocycles. The summed E-state index contributed by atoms with van der Waals surface area (Å²) in [5, 5.41) is 13.1. The van der Waals surface area contributed by atoms with Crippen LogP contribution >= 0.6 is 15.9 Å². The Morgan fingerprint density at radius 2 is 2.04 bits per heavy atom. The Balaban J connectivity index is 1.31. The third-order valence-corrected chi connectivity index (χ3v) is 5.29. The van der Waals surface area contributed by atoms with Crippen LogP contribution in [0, 0.1) is 0 Å². The maximum atomic E-state index is 12.3. The van der Waals surface area contributed by atoms with Gasteiger partial charge >= 0.3 is 0 Å². The summed E-state index contributed by atoms with van der Waals surface area (Å²) in [4.78, 5) is 18.9. The average molecular weight is 429 g/mol. The molecule has 2 aromatic heterocycles. The highest BCUT2D eigenvalue weighted by molar-refractivity contribution is 9.10. The van der Waals surface area contributed by atoms with Crippen LogP contribution in [0.1, 0.15) is 21.6 Å². The molecule has 0 radical (unpaired) electrons. The number of rotatable bonds is 5. The lowest BCUT2D eigenvalue weighted by Crippen LogP contribution is -2.42. The molecule has 0 fully saturated rings. The molecule has 0 saturated heterocycles. The van der Waals surface area contributed by atoms with Crippen LogP contribution < -0.4 is 5.32 Å². The fourth-order valence-corrected chi connectivity index (χ4v) is 3.80. The number of hydrogen-bond acceptors (Lipinski definition) is 4. The summed E-state index contributed by atoms with van der Waals surface area (Å²) < 4.78 is 2.71. The molecule has 27 heavy (non-hydrogen) atoms. The number of aromatic nitrogens is 2. The molecule has 3 heterocycles. The van der Waals surface area contributed by atoms with E-state index in [9.17, 15) is 9.90 Å². The summed E-state index contributed by atoms with van der Waals surface area (Å²) in [5.41, 5.74) is 3.74. The number of imidazole rings is 1. The van der Waals surface area contributed by atoms with Crippen molar-refractivity contribution in [1.82, 2.24) is 19.6 Å². The number of carbonyl (C=O) groups is 1. The first-order valence-corrected chi connectivity index (χ1v) is 9.77. The zero-order valence-electron chi connectivity index (χ0n) is 14.8. The van der Waals surface area contributed by atoms with Crippen LogP contribution in [-0.4, -0.2) is 51.0 Å². The molecule has 1 unspecified atom stereocenters. The van der Waals surface area contributed by atoms with E-state index in [1.807, 2.05) is 24.4 Å². The van der Waals surface area contributed by atoms with Gasteiger partial charge in [-0.05, 0) is 45.6 Å². The molecule has 0 bridgehead atoms. The molecule has 1 aliphatic heterocycles. The number of aliphatic hydroxyl groups excluding tert-OH is 1. The molecule has 2 N–H and O–H groups in total. The Kier molecular flexibility index (Phi) is 5.24. The van der Waals surface area contributed by atoms with Crippen molar-refractivity contribution in [2.45, 2.75) is 19.1 Å². The van der Waals surface area contributed by atoms with Gasteiger partial charge in [0.2, 0.25) is 0 Å². The third kappa shape index (κ3) is 4.21. The second-order valence-corrected chi connectivity index (χ2v) is 7.77. The van der Waals surface area contributed by atoms with Gasteiger partial charge in [-0.1, -0.05) is 24.3 Å². The highest BCUT2D eigenvalue weighted by Gasteiger charge is 2.19. The van der Waals surface area contributed by atoms with Crippen LogP contribution in [0.4, 0.5) is 0 Å². The number of hydrogen-bond donors (Lipinski definition) is 2. The van der Waals surface area contributed by atoms with Gasteiger partial charge < -0.3 is 14.8 Å². The maximum absolute atomic E-state index is 12.3. The summed E-state index contributed by atoms with van der Waals surface area (Å²) in [7, 11) is 0. The summed E-state index contributed by atoms with van der Waals surface area (Å²) in [5.74, 6) is -0.280. The minimum Gasteiger partial charge on any atom is -0.390 e. The first-order valence-electron chi connectivity index (χ1n) is 8.98. The molecular weight excluding hydrogens is 408 g/mol. The van der Waals surface area contributed by atoms with Crippen LogP contribution in [0.3, 0.4) is 0 Å². The Labute approximate surface area is 166 Å². The van der Waals surface area contributed by atoms with E-state index in [0.717, 1.165) is 24.0 Å². The van der Waals surface area contributed by atoms with E-state index in [0.29, 0.717) is 17.9 Å². The zero-order chi connectivity index (χ0) is 18.8. The Hall–Kier alpha value is -2.22. The normalized spacial score (nSPS) is 15.5. The zero-order valence-corrected chi connectivity index (χ0v) is 16.4. The summed E-state index contributed by atoms with van der Waals surface area (Å²) in [6, 6.07) is 12.1. The van der Waals surface area contributed by atoms with Gasteiger partial charge in [0.1, 0.15) is 11.3 Å². The van der Waals surface area contributed by atoms with Gasteiger partial charge in [-0.3, -0.25) is 9.69 Å². The number of β-amino-alcohol motifs (C(OH)–C–C–N with tert-alkyl or cyclic N) is 1. The SMILES string of the molecule is O=C(NCC(O)CN1CCc2ccccc2C1)c1cn2cc(Br)ccc2n1. The minimum absolute atomic E-state index is 0.203. The number of amides is 1. The lowest BCUT2D eigenvalue weighted by molar-refractivity contribution is 0.0838. The highest BCUT2D eigenvalue weighted by Crippen LogP contribution is 2.18. The van der Waals surface area contributed by atoms with Crippen molar-refractivity contribution in [2.75, 3.05) is 19.6 Å². The molecule has 7 heteroatoms. The van der Waals surface area contributed by atoms with E-state index >= 15 is 0 Å². The quantitative estimate of drug-likeness (QED) is 0.653. The van der Waals surface area contributed by atoms with Crippen molar-refractivity contribution in [2.24, 2.45) is 0 Å². The minimum atomic E-state index is -0.620. The van der Waals surface area contributed by atoms with Crippen molar-refractivity contribution in [1.29, 1.82) is 0 Å². The van der Waals surface area contributed by atoms with Crippen molar-refractivity contribution in [3.8, 4) is 0 Å². The topological polar surface area (TPSA) is 69.9 Å². The van der Waals surface area contributed by atoms with E-state index in [1.165, 1.54) is 11.1 Å². The van der Waals surface area contributed by atoms with Gasteiger partial charge in [0, 0.05) is 43.0 Å². The van der Waals surface area contributed by atoms with Crippen molar-refractivity contribution < 1.29 is 9.90 Å². The van der Waals surface area contributed by atoms with Gasteiger partial charge in [0.05, 0.1) is 6.10 Å². The number of pyridine rings is 1. The molecule has 1 amide bonds. The van der Waals surface area contributed by atoms with Crippen LogP contribution in [-0.2, 0) is 13.0 Å².